The summed E-state index contributed by atoms with van der Waals surface area (Å²) >= 11 is 0. The molecule has 7 N–H and O–H groups in total. The van der Waals surface area contributed by atoms with Crippen molar-refractivity contribution in [2.24, 2.45) is 0 Å². The minimum atomic E-state index is -1.07. The zero-order valence-corrected chi connectivity index (χ0v) is 49.3. The number of Topliss-reactive ketones (excluding diaryl/α,β-unsaturated/α-hetero) is 2. The van der Waals surface area contributed by atoms with Crippen LogP contribution in [0.3, 0.4) is 0 Å². The normalized spacial score (nSPS) is 17.6. The number of nitrogens with zero attached hydrogens (tertiary/aromatic N) is 12. The number of hydrogen-bond donors (Lipinski definition) is 7. The molecule has 0 spiro atoms. The molecular weight excluding hydrogens is 1130 g/mol. The van der Waals surface area contributed by atoms with E-state index in [4.69, 9.17) is 15.0 Å². The van der Waals surface area contributed by atoms with Gasteiger partial charge in [0.2, 0.25) is 0 Å². The van der Waals surface area contributed by atoms with E-state index in [-0.39, 0.29) is 114 Å². The quantitative estimate of drug-likeness (QED) is 0.0578. The van der Waals surface area contributed by atoms with Gasteiger partial charge in [0.05, 0.1) is 73.4 Å². The molecule has 3 aliphatic rings. The first-order valence-electron chi connectivity index (χ1n) is 28.6. The minimum absolute atomic E-state index is 0.0447. The van der Waals surface area contributed by atoms with E-state index in [2.05, 4.69) is 5.32 Å². The van der Waals surface area contributed by atoms with E-state index < -0.39 is 53.3 Å². The lowest BCUT2D eigenvalue weighted by Gasteiger charge is -2.28. The highest BCUT2D eigenvalue weighted by atomic mass is 16.4. The van der Waals surface area contributed by atoms with E-state index in [0.717, 1.165) is 0 Å². The Morgan fingerprint density at radius 3 is 0.816 bits per heavy atom. The molecule has 1 aromatic carbocycles. The molecule has 7 rings (SSSR count). The molecule has 0 saturated carbocycles. The number of hydrogen-bond acceptors (Lipinski definition) is 21. The van der Waals surface area contributed by atoms with E-state index >= 15 is 0 Å². The largest absolute Gasteiger partial charge is 0.480 e. The number of rotatable bonds is 20. The lowest BCUT2D eigenvalue weighted by molar-refractivity contribution is -0.139. The van der Waals surface area contributed by atoms with Crippen LogP contribution in [0, 0.1) is 0 Å². The zero-order valence-electron chi connectivity index (χ0n) is 49.3. The summed E-state index contributed by atoms with van der Waals surface area (Å²) in [7, 11) is 5.59. The highest BCUT2D eigenvalue weighted by Crippen LogP contribution is 2.23. The standard InChI is InChI=1S/C59H77N13O15/c1-64-4-10-67(33-53(75)76)27-45-16-39(17-46(60-45)28-68(11-5-64)34-54(77)78)20-51(73)41-22-42(52(74)21-40-18-47-29-69(35-55(79)80)12-6-65(2)7-13-70(36-56(81)82)30-48(19-40)61-47)24-43(23-41)59(87)63-44-25-49-31-71(37-57(83)84)14-8-66(3)9-15-72(38-58(85)86)32-50(26-44)62-49/h16-19,22-26H,4-15,20-21,27-38H2,1-3H3,(H,75,76)(H,77,78)(H,79,80)(H,81,82)(H,83,84)(H,85,86)(H,62,63,87). The van der Waals surface area contributed by atoms with Gasteiger partial charge in [-0.15, -0.1) is 0 Å². The monoisotopic (exact) mass is 1210 g/mol. The maximum absolute atomic E-state index is 14.9. The topological polar surface area (TPSA) is 355 Å². The van der Waals surface area contributed by atoms with Crippen LogP contribution in [0.15, 0.2) is 54.6 Å². The van der Waals surface area contributed by atoms with Crippen LogP contribution >= 0.6 is 0 Å². The van der Waals surface area contributed by atoms with Gasteiger partial charge in [0.25, 0.3) is 5.91 Å². The van der Waals surface area contributed by atoms with Crippen molar-refractivity contribution in [2.75, 3.05) is 144 Å². The lowest BCUT2D eigenvalue weighted by Crippen LogP contribution is -2.41. The molecule has 3 aromatic heterocycles. The van der Waals surface area contributed by atoms with Crippen LogP contribution in [-0.2, 0) is 80.9 Å². The molecule has 0 aliphatic carbocycles. The first-order chi connectivity index (χ1) is 41.3. The number of benzene rings is 1. The van der Waals surface area contributed by atoms with Gasteiger partial charge in [-0.1, -0.05) is 0 Å². The summed E-state index contributed by atoms with van der Waals surface area (Å²) in [5.74, 6) is -8.19. The van der Waals surface area contributed by atoms with Gasteiger partial charge >= 0.3 is 35.8 Å². The number of nitrogens with one attached hydrogen (secondary N) is 1. The van der Waals surface area contributed by atoms with Crippen LogP contribution in [0.25, 0.3) is 0 Å². The second-order valence-electron chi connectivity index (χ2n) is 22.7. The van der Waals surface area contributed by atoms with Crippen molar-refractivity contribution >= 4 is 59.0 Å². The summed E-state index contributed by atoms with van der Waals surface area (Å²) in [6.07, 6.45) is -0.609. The number of pyridine rings is 3. The SMILES string of the molecule is CN1CCN(CC(=O)O)Cc2cc(CC(=O)c3cc(C(=O)Cc4cc5nc(c4)CN(CC(=O)O)CCN(C)CCN(CC(=O)O)C5)cc(C(=O)Nc4cc5nc(c4)CN(CC(=O)O)CCN(C)CCN(CC(=O)O)C5)c3)cc(n2)CN(CC(=O)O)CC1. The van der Waals surface area contributed by atoms with Crippen LogP contribution in [0.4, 0.5) is 5.69 Å². The molecule has 0 fully saturated rings. The highest BCUT2D eigenvalue weighted by molar-refractivity contribution is 6.10. The maximum Gasteiger partial charge on any atom is 0.317 e. The molecule has 1 amide bonds. The molecule has 468 valence electrons. The summed E-state index contributed by atoms with van der Waals surface area (Å²) in [5, 5.41) is 61.9. The number of carboxylic acids is 6. The third-order valence-corrected chi connectivity index (χ3v) is 15.0. The molecule has 6 heterocycles. The third-order valence-electron chi connectivity index (χ3n) is 15.0. The van der Waals surface area contributed by atoms with E-state index in [1.54, 1.807) is 65.8 Å². The predicted octanol–water partition coefficient (Wildman–Crippen LogP) is 0.130. The molecule has 0 radical (unpaired) electrons. The summed E-state index contributed by atoms with van der Waals surface area (Å²) in [6.45, 7) is 3.41. The van der Waals surface area contributed by atoms with Crippen LogP contribution < -0.4 is 5.32 Å². The van der Waals surface area contributed by atoms with Crippen molar-refractivity contribution < 1.29 is 73.8 Å². The van der Waals surface area contributed by atoms with Gasteiger partial charge < -0.3 is 50.7 Å². The van der Waals surface area contributed by atoms with E-state index in [9.17, 15) is 73.8 Å². The van der Waals surface area contributed by atoms with Crippen LogP contribution in [0.1, 0.15) is 76.4 Å². The van der Waals surface area contributed by atoms with Crippen LogP contribution in [0.5, 0.6) is 0 Å². The zero-order chi connectivity index (χ0) is 62.9. The number of anilines is 1. The molecule has 6 bridgehead atoms. The average Bonchev–Trinajstić information content (AvgIpc) is 1.75. The van der Waals surface area contributed by atoms with E-state index in [0.29, 0.717) is 124 Å². The predicted molar refractivity (Wildman–Crippen MR) is 313 cm³/mol. The maximum atomic E-state index is 14.9. The summed E-state index contributed by atoms with van der Waals surface area (Å²) in [4.78, 5) is 147. The van der Waals surface area contributed by atoms with Gasteiger partial charge in [-0.3, -0.25) is 87.5 Å². The van der Waals surface area contributed by atoms with E-state index in [1.807, 2.05) is 35.8 Å². The molecule has 28 nitrogen and oxygen atoms in total. The van der Waals surface area contributed by atoms with Crippen LogP contribution in [0.2, 0.25) is 0 Å². The number of carbonyl (C=O) groups is 9. The second kappa shape index (κ2) is 31.5. The Hall–Kier alpha value is -8.06. The van der Waals surface area contributed by atoms with Crippen molar-refractivity contribution in [3.63, 3.8) is 0 Å². The average molecular weight is 1210 g/mol. The van der Waals surface area contributed by atoms with Gasteiger partial charge in [-0.25, -0.2) is 0 Å². The number of ketones is 2. The molecule has 0 saturated heterocycles. The van der Waals surface area contributed by atoms with Crippen LogP contribution in [-0.4, -0.2) is 282 Å². The Balaban J connectivity index is 1.29. The number of aliphatic carboxylic acids is 6. The second-order valence-corrected chi connectivity index (χ2v) is 22.7. The molecular formula is C59H77N13O15. The minimum Gasteiger partial charge on any atom is -0.480 e. The van der Waals surface area contributed by atoms with E-state index in [1.165, 1.54) is 18.2 Å². The number of amides is 1. The molecule has 28 heteroatoms. The fourth-order valence-corrected chi connectivity index (χ4v) is 10.7. The molecule has 0 atom stereocenters. The highest BCUT2D eigenvalue weighted by Gasteiger charge is 2.25. The van der Waals surface area contributed by atoms with Gasteiger partial charge in [-0.05, 0) is 86.9 Å². The fraction of sp³-hybridized carbons (Fsp3) is 0.492. The van der Waals surface area contributed by atoms with Gasteiger partial charge in [-0.2, -0.15) is 0 Å². The number of carbonyl (C=O) groups excluding carboxylic acids is 3. The van der Waals surface area contributed by atoms with Crippen molar-refractivity contribution in [2.45, 2.75) is 52.1 Å². The van der Waals surface area contributed by atoms with Crippen molar-refractivity contribution in [3.05, 3.63) is 117 Å². The summed E-state index contributed by atoms with van der Waals surface area (Å²) in [6, 6.07) is 13.9. The Morgan fingerprint density at radius 1 is 0.345 bits per heavy atom. The Kier molecular flexibility index (Phi) is 24.1. The fourth-order valence-electron chi connectivity index (χ4n) is 10.7. The number of aromatic nitrogens is 3. The summed E-state index contributed by atoms with van der Waals surface area (Å²) in [5.41, 5.74) is 3.33. The van der Waals surface area contributed by atoms with Gasteiger partial charge in [0.15, 0.2) is 11.6 Å². The van der Waals surface area contributed by atoms with Crippen molar-refractivity contribution in [3.8, 4) is 0 Å². The Morgan fingerprint density at radius 2 is 0.575 bits per heavy atom. The summed E-state index contributed by atoms with van der Waals surface area (Å²) < 4.78 is 0. The molecule has 3 aliphatic heterocycles. The third kappa shape index (κ3) is 22.3. The van der Waals surface area contributed by atoms with Gasteiger partial charge in [0, 0.05) is 153 Å². The number of fused-ring (bicyclic) bond motifs is 6. The first kappa shape index (κ1) is 66.5. The van der Waals surface area contributed by atoms with Gasteiger partial charge in [0.1, 0.15) is 0 Å². The molecule has 0 unspecified atom stereocenters. The Labute approximate surface area is 503 Å². The number of likely N-dealkylation sites (N-methyl/N-ethyl adjacent to an activating group) is 3. The van der Waals surface area contributed by atoms with Crippen molar-refractivity contribution in [1.82, 2.24) is 59.1 Å². The first-order valence-corrected chi connectivity index (χ1v) is 28.6. The molecule has 4 aromatic rings. The molecule has 87 heavy (non-hydrogen) atoms. The number of carboxylic acid groups (broad SMARTS) is 6. The Bertz CT molecular complexity index is 2700. The van der Waals surface area contributed by atoms with Crippen molar-refractivity contribution in [1.29, 1.82) is 0 Å². The lowest BCUT2D eigenvalue weighted by atomic mass is 9.94. The smallest absolute Gasteiger partial charge is 0.317 e.